The van der Waals surface area contributed by atoms with Gasteiger partial charge in [0, 0.05) is 11.4 Å². The van der Waals surface area contributed by atoms with Gasteiger partial charge >= 0.3 is 0 Å². The quantitative estimate of drug-likeness (QED) is 0.794. The first kappa shape index (κ1) is 16.6. The number of halogens is 2. The maximum atomic E-state index is 12.5. The van der Waals surface area contributed by atoms with Crippen LogP contribution in [-0.4, -0.2) is 24.4 Å². The lowest BCUT2D eigenvalue weighted by atomic mass is 9.77. The second kappa shape index (κ2) is 7.01. The number of methoxy groups -OCH3 is 1. The molecule has 1 amide bonds. The second-order valence-electron chi connectivity index (χ2n) is 5.92. The minimum absolute atomic E-state index is 0.0758. The monoisotopic (exact) mass is 373 g/mol. The highest BCUT2D eigenvalue weighted by Crippen LogP contribution is 2.34. The lowest BCUT2D eigenvalue weighted by Gasteiger charge is -2.39. The predicted molar refractivity (Wildman–Crippen MR) is 89.2 cm³/mol. The molecule has 5 heteroatoms. The van der Waals surface area contributed by atoms with Crippen LogP contribution >= 0.6 is 27.5 Å². The number of ether oxygens (including phenoxy) is 1. The van der Waals surface area contributed by atoms with E-state index in [1.54, 1.807) is 25.3 Å². The topological polar surface area (TPSA) is 38.3 Å². The van der Waals surface area contributed by atoms with Crippen LogP contribution in [0.3, 0.4) is 0 Å². The van der Waals surface area contributed by atoms with Gasteiger partial charge in [0.15, 0.2) is 0 Å². The number of hydrogen-bond acceptors (Lipinski definition) is 2. The van der Waals surface area contributed by atoms with Gasteiger partial charge in [-0.3, -0.25) is 4.79 Å². The Balaban J connectivity index is 2.14. The van der Waals surface area contributed by atoms with Crippen molar-refractivity contribution in [3.05, 3.63) is 28.2 Å². The number of hydrogen-bond donors (Lipinski definition) is 1. The van der Waals surface area contributed by atoms with E-state index in [4.69, 9.17) is 16.3 Å². The Hall–Kier alpha value is -0.740. The van der Waals surface area contributed by atoms with E-state index in [0.29, 0.717) is 23.1 Å². The van der Waals surface area contributed by atoms with E-state index in [1.165, 1.54) is 6.42 Å². The Morgan fingerprint density at radius 2 is 2.33 bits per heavy atom. The van der Waals surface area contributed by atoms with Crippen LogP contribution in [0.2, 0.25) is 0 Å². The van der Waals surface area contributed by atoms with Gasteiger partial charge in [-0.25, -0.2) is 0 Å². The third kappa shape index (κ3) is 3.92. The van der Waals surface area contributed by atoms with E-state index in [-0.39, 0.29) is 11.4 Å². The summed E-state index contributed by atoms with van der Waals surface area (Å²) in [6.45, 7) is 2.22. The third-order valence-electron chi connectivity index (χ3n) is 4.14. The van der Waals surface area contributed by atoms with Crippen molar-refractivity contribution in [3.63, 3.8) is 0 Å². The summed E-state index contributed by atoms with van der Waals surface area (Å²) in [7, 11) is 1.60. The summed E-state index contributed by atoms with van der Waals surface area (Å²) >= 11 is 9.58. The highest BCUT2D eigenvalue weighted by atomic mass is 79.9. The molecule has 0 radical (unpaired) electrons. The fourth-order valence-corrected chi connectivity index (χ4v) is 3.90. The molecular formula is C16H21BrClNO2. The maximum Gasteiger partial charge on any atom is 0.251 e. The van der Waals surface area contributed by atoms with Gasteiger partial charge in [-0.05, 0) is 52.9 Å². The minimum Gasteiger partial charge on any atom is -0.496 e. The highest BCUT2D eigenvalue weighted by Gasteiger charge is 2.35. The van der Waals surface area contributed by atoms with Crippen molar-refractivity contribution < 1.29 is 9.53 Å². The number of carbonyl (C=O) groups is 1. The molecule has 116 valence electrons. The summed E-state index contributed by atoms with van der Waals surface area (Å²) in [6.07, 6.45) is 4.21. The summed E-state index contributed by atoms with van der Waals surface area (Å²) < 4.78 is 5.96. The van der Waals surface area contributed by atoms with Crippen molar-refractivity contribution >= 4 is 33.4 Å². The molecule has 1 saturated carbocycles. The fourth-order valence-electron chi connectivity index (χ4n) is 3.05. The molecule has 0 aromatic heterocycles. The molecule has 2 rings (SSSR count). The van der Waals surface area contributed by atoms with Crippen molar-refractivity contribution in [1.82, 2.24) is 5.32 Å². The summed E-state index contributed by atoms with van der Waals surface area (Å²) in [5.41, 5.74) is 0.341. The predicted octanol–water partition coefficient (Wildman–Crippen LogP) is 4.38. The molecule has 1 N–H and O–H groups in total. The Kier molecular flexibility index (Phi) is 5.55. The number of amides is 1. The second-order valence-corrected chi connectivity index (χ2v) is 7.04. The van der Waals surface area contributed by atoms with Crippen LogP contribution < -0.4 is 10.1 Å². The number of rotatable bonds is 4. The number of alkyl halides is 1. The number of carbonyl (C=O) groups excluding carboxylic acids is 1. The van der Waals surface area contributed by atoms with E-state index >= 15 is 0 Å². The lowest BCUT2D eigenvalue weighted by molar-refractivity contribution is 0.0867. The van der Waals surface area contributed by atoms with Gasteiger partial charge in [0.05, 0.1) is 17.1 Å². The Bertz CT molecular complexity index is 523. The zero-order valence-electron chi connectivity index (χ0n) is 12.4. The molecule has 0 saturated heterocycles. The van der Waals surface area contributed by atoms with E-state index < -0.39 is 0 Å². The molecule has 1 aromatic carbocycles. The van der Waals surface area contributed by atoms with Gasteiger partial charge in [-0.1, -0.05) is 19.8 Å². The molecular weight excluding hydrogens is 354 g/mol. The van der Waals surface area contributed by atoms with Crippen molar-refractivity contribution in [2.45, 2.75) is 38.1 Å². The van der Waals surface area contributed by atoms with Crippen molar-refractivity contribution in [2.75, 3.05) is 13.0 Å². The van der Waals surface area contributed by atoms with Gasteiger partial charge in [0.2, 0.25) is 0 Å². The Morgan fingerprint density at radius 3 is 2.90 bits per heavy atom. The molecule has 0 heterocycles. The van der Waals surface area contributed by atoms with Gasteiger partial charge in [0.25, 0.3) is 5.91 Å². The summed E-state index contributed by atoms with van der Waals surface area (Å²) in [5, 5.41) is 3.16. The van der Waals surface area contributed by atoms with Gasteiger partial charge < -0.3 is 10.1 Å². The van der Waals surface area contributed by atoms with E-state index in [0.717, 1.165) is 23.7 Å². The van der Waals surface area contributed by atoms with Crippen LogP contribution in [-0.2, 0) is 0 Å². The summed E-state index contributed by atoms with van der Waals surface area (Å²) in [4.78, 5) is 12.5. The van der Waals surface area contributed by atoms with Crippen LogP contribution in [0.25, 0.3) is 0 Å². The van der Waals surface area contributed by atoms with Crippen LogP contribution in [0.5, 0.6) is 5.75 Å². The molecule has 2 atom stereocenters. The van der Waals surface area contributed by atoms with E-state index in [1.807, 2.05) is 0 Å². The molecule has 21 heavy (non-hydrogen) atoms. The average molecular weight is 375 g/mol. The van der Waals surface area contributed by atoms with Gasteiger partial charge in [0.1, 0.15) is 5.75 Å². The SMILES string of the molecule is COc1ccc(C(=O)NC2(CCl)CCCC(C)C2)cc1Br. The van der Waals surface area contributed by atoms with Gasteiger partial charge in [-0.2, -0.15) is 0 Å². The first-order valence-electron chi connectivity index (χ1n) is 7.22. The molecule has 0 bridgehead atoms. The molecule has 3 nitrogen and oxygen atoms in total. The number of benzene rings is 1. The Labute approximate surface area is 139 Å². The molecule has 1 aliphatic carbocycles. The van der Waals surface area contributed by atoms with Gasteiger partial charge in [-0.15, -0.1) is 11.6 Å². The first-order chi connectivity index (χ1) is 9.99. The van der Waals surface area contributed by atoms with Crippen molar-refractivity contribution in [3.8, 4) is 5.75 Å². The van der Waals surface area contributed by atoms with Crippen molar-refractivity contribution in [1.29, 1.82) is 0 Å². The lowest BCUT2D eigenvalue weighted by Crippen LogP contribution is -2.52. The summed E-state index contributed by atoms with van der Waals surface area (Å²) in [6, 6.07) is 5.34. The first-order valence-corrected chi connectivity index (χ1v) is 8.54. The fraction of sp³-hybridized carbons (Fsp3) is 0.562. The molecule has 0 spiro atoms. The van der Waals surface area contributed by atoms with E-state index in [9.17, 15) is 4.79 Å². The van der Waals surface area contributed by atoms with Crippen LogP contribution in [0, 0.1) is 5.92 Å². The van der Waals surface area contributed by atoms with Crippen LogP contribution in [0.15, 0.2) is 22.7 Å². The molecule has 2 unspecified atom stereocenters. The summed E-state index contributed by atoms with van der Waals surface area (Å²) in [5.74, 6) is 1.69. The highest BCUT2D eigenvalue weighted by molar-refractivity contribution is 9.10. The molecule has 1 fully saturated rings. The van der Waals surface area contributed by atoms with Crippen LogP contribution in [0.4, 0.5) is 0 Å². The largest absolute Gasteiger partial charge is 0.496 e. The molecule has 0 aliphatic heterocycles. The zero-order chi connectivity index (χ0) is 15.5. The molecule has 1 aromatic rings. The Morgan fingerprint density at radius 1 is 1.57 bits per heavy atom. The molecule has 1 aliphatic rings. The zero-order valence-corrected chi connectivity index (χ0v) is 14.8. The smallest absolute Gasteiger partial charge is 0.251 e. The normalized spacial score (nSPS) is 25.4. The average Bonchev–Trinajstić information content (AvgIpc) is 2.47. The third-order valence-corrected chi connectivity index (χ3v) is 5.27. The standard InChI is InChI=1S/C16H21BrClNO2/c1-11-4-3-7-16(9-11,10-18)19-15(20)12-5-6-14(21-2)13(17)8-12/h5-6,8,11H,3-4,7,9-10H2,1-2H3,(H,19,20). The van der Waals surface area contributed by atoms with E-state index in [2.05, 4.69) is 28.2 Å². The minimum atomic E-state index is -0.275. The maximum absolute atomic E-state index is 12.5. The number of nitrogens with one attached hydrogen (secondary N) is 1. The van der Waals surface area contributed by atoms with Crippen LogP contribution in [0.1, 0.15) is 43.0 Å². The van der Waals surface area contributed by atoms with Crippen molar-refractivity contribution in [2.24, 2.45) is 5.92 Å².